The minimum Gasteiger partial charge on any atom is -0.481 e. The molecule has 5 atom stereocenters. The lowest BCUT2D eigenvalue weighted by Gasteiger charge is -2.23. The summed E-state index contributed by atoms with van der Waals surface area (Å²) < 4.78 is 5.46. The quantitative estimate of drug-likeness (QED) is 0.560. The fourth-order valence-corrected chi connectivity index (χ4v) is 6.44. The van der Waals surface area contributed by atoms with Gasteiger partial charge in [0.25, 0.3) is 0 Å². The van der Waals surface area contributed by atoms with E-state index in [0.29, 0.717) is 22.9 Å². The van der Waals surface area contributed by atoms with Gasteiger partial charge in [-0.2, -0.15) is 0 Å². The van der Waals surface area contributed by atoms with Crippen LogP contribution in [-0.4, -0.2) is 29.1 Å². The number of ether oxygens (including phenoxy) is 1. The number of carboxylic acids is 1. The van der Waals surface area contributed by atoms with E-state index in [1.807, 2.05) is 12.2 Å². The topological polar surface area (TPSA) is 92.7 Å². The summed E-state index contributed by atoms with van der Waals surface area (Å²) >= 11 is 1.44. The smallest absolute Gasteiger partial charge is 0.341 e. The molecule has 0 aliphatic heterocycles. The molecule has 3 aliphatic rings. The first kappa shape index (κ1) is 20.1. The molecule has 29 heavy (non-hydrogen) atoms. The summed E-state index contributed by atoms with van der Waals surface area (Å²) in [5.74, 6) is -2.56. The molecule has 0 spiro atoms. The Morgan fingerprint density at radius 3 is 2.55 bits per heavy atom. The Hall–Kier alpha value is -2.15. The van der Waals surface area contributed by atoms with Gasteiger partial charge in [0.15, 0.2) is 0 Å². The highest BCUT2D eigenvalue weighted by molar-refractivity contribution is 7.17. The van der Waals surface area contributed by atoms with Crippen LogP contribution in [0.2, 0.25) is 0 Å². The Kier molecular flexibility index (Phi) is 5.27. The average Bonchev–Trinajstić information content (AvgIpc) is 3.32. The Balaban J connectivity index is 1.64. The van der Waals surface area contributed by atoms with Gasteiger partial charge in [0.2, 0.25) is 5.91 Å². The van der Waals surface area contributed by atoms with E-state index in [4.69, 9.17) is 4.74 Å². The van der Waals surface area contributed by atoms with Crippen molar-refractivity contribution >= 4 is 34.2 Å². The van der Waals surface area contributed by atoms with Gasteiger partial charge in [-0.3, -0.25) is 9.59 Å². The van der Waals surface area contributed by atoms with E-state index >= 15 is 0 Å². The van der Waals surface area contributed by atoms with Gasteiger partial charge < -0.3 is 15.2 Å². The highest BCUT2D eigenvalue weighted by atomic mass is 32.1. The van der Waals surface area contributed by atoms with Crippen LogP contribution in [0.5, 0.6) is 0 Å². The molecular formula is C22H27NO5S. The first-order valence-corrected chi connectivity index (χ1v) is 11.2. The van der Waals surface area contributed by atoms with Gasteiger partial charge in [0, 0.05) is 4.88 Å². The SMILES string of the molecule is CC1CCc2c(sc(NC(=O)C3C4C=CC(C4)C3C(=O)O)c2C(=O)OC(C)C)C1. The number of thiophene rings is 1. The lowest BCUT2D eigenvalue weighted by Crippen LogP contribution is -2.36. The third kappa shape index (κ3) is 3.61. The number of carbonyl (C=O) groups excluding carboxylic acids is 2. The van der Waals surface area contributed by atoms with E-state index in [9.17, 15) is 19.5 Å². The van der Waals surface area contributed by atoms with Crippen LogP contribution < -0.4 is 5.32 Å². The third-order valence-corrected chi connectivity index (χ3v) is 7.51. The van der Waals surface area contributed by atoms with Crippen molar-refractivity contribution < 1.29 is 24.2 Å². The van der Waals surface area contributed by atoms with Gasteiger partial charge in [0.05, 0.1) is 23.5 Å². The Morgan fingerprint density at radius 1 is 1.21 bits per heavy atom. The summed E-state index contributed by atoms with van der Waals surface area (Å²) in [6.45, 7) is 5.79. The maximum absolute atomic E-state index is 13.1. The summed E-state index contributed by atoms with van der Waals surface area (Å²) in [7, 11) is 0. The second-order valence-electron chi connectivity index (χ2n) is 8.84. The van der Waals surface area contributed by atoms with Crippen molar-refractivity contribution in [2.75, 3.05) is 5.32 Å². The first-order valence-electron chi connectivity index (χ1n) is 10.3. The molecule has 6 nitrogen and oxygen atoms in total. The van der Waals surface area contributed by atoms with Gasteiger partial charge in [-0.15, -0.1) is 11.3 Å². The van der Waals surface area contributed by atoms with Crippen molar-refractivity contribution in [2.45, 2.75) is 52.6 Å². The summed E-state index contributed by atoms with van der Waals surface area (Å²) in [6.07, 6.45) is 7.00. The zero-order valence-electron chi connectivity index (χ0n) is 16.9. The monoisotopic (exact) mass is 417 g/mol. The lowest BCUT2D eigenvalue weighted by molar-refractivity contribution is -0.146. The van der Waals surface area contributed by atoms with E-state index in [1.54, 1.807) is 13.8 Å². The maximum Gasteiger partial charge on any atom is 0.341 e. The fraction of sp³-hybridized carbons (Fsp3) is 0.591. The molecule has 5 unspecified atom stereocenters. The highest BCUT2D eigenvalue weighted by Gasteiger charge is 2.51. The number of esters is 1. The largest absolute Gasteiger partial charge is 0.481 e. The Morgan fingerprint density at radius 2 is 1.90 bits per heavy atom. The zero-order chi connectivity index (χ0) is 20.9. The molecule has 4 rings (SSSR count). The van der Waals surface area contributed by atoms with Crippen LogP contribution in [0.3, 0.4) is 0 Å². The van der Waals surface area contributed by atoms with Crippen LogP contribution in [-0.2, 0) is 27.2 Å². The van der Waals surface area contributed by atoms with Crippen molar-refractivity contribution in [1.29, 1.82) is 0 Å². The summed E-state index contributed by atoms with van der Waals surface area (Å²) in [5, 5.41) is 13.1. The van der Waals surface area contributed by atoms with Gasteiger partial charge in [-0.1, -0.05) is 19.1 Å². The number of nitrogens with one attached hydrogen (secondary N) is 1. The normalized spacial score (nSPS) is 29.7. The molecule has 0 aromatic carbocycles. The van der Waals surface area contributed by atoms with Gasteiger partial charge >= 0.3 is 11.9 Å². The molecule has 7 heteroatoms. The number of carbonyl (C=O) groups is 3. The zero-order valence-corrected chi connectivity index (χ0v) is 17.8. The fourth-order valence-electron chi connectivity index (χ4n) is 5.04. The second-order valence-corrected chi connectivity index (χ2v) is 9.94. The van der Waals surface area contributed by atoms with Crippen molar-refractivity contribution in [2.24, 2.45) is 29.6 Å². The van der Waals surface area contributed by atoms with Crippen LogP contribution in [0.15, 0.2) is 12.2 Å². The van der Waals surface area contributed by atoms with Crippen molar-refractivity contribution in [1.82, 2.24) is 0 Å². The first-order chi connectivity index (χ1) is 13.8. The van der Waals surface area contributed by atoms with Crippen molar-refractivity contribution in [3.8, 4) is 0 Å². The predicted octanol–water partition coefficient (Wildman–Crippen LogP) is 3.90. The number of carboxylic acid groups (broad SMARTS) is 1. The predicted molar refractivity (Wildman–Crippen MR) is 110 cm³/mol. The van der Waals surface area contributed by atoms with Crippen LogP contribution in [0.1, 0.15) is 54.4 Å². The Labute approximate surface area is 174 Å². The van der Waals surface area contributed by atoms with Crippen LogP contribution in [0.25, 0.3) is 0 Å². The molecule has 1 saturated carbocycles. The van der Waals surface area contributed by atoms with E-state index in [1.165, 1.54) is 11.3 Å². The second kappa shape index (κ2) is 7.59. The highest BCUT2D eigenvalue weighted by Crippen LogP contribution is 2.49. The molecular weight excluding hydrogens is 390 g/mol. The van der Waals surface area contributed by atoms with E-state index < -0.39 is 23.8 Å². The molecule has 3 aliphatic carbocycles. The Bertz CT molecular complexity index is 886. The number of aliphatic carboxylic acids is 1. The molecule has 0 saturated heterocycles. The standard InChI is InChI=1S/C22H27NO5S/c1-10(2)28-22(27)18-14-7-4-11(3)8-15(14)29-20(18)23-19(24)16-12-5-6-13(9-12)17(16)21(25)26/h5-6,10-13,16-17H,4,7-9H2,1-3H3,(H,23,24)(H,25,26). The molecule has 1 fully saturated rings. The van der Waals surface area contributed by atoms with Crippen molar-refractivity contribution in [3.63, 3.8) is 0 Å². The lowest BCUT2D eigenvalue weighted by atomic mass is 9.82. The van der Waals surface area contributed by atoms with Crippen LogP contribution >= 0.6 is 11.3 Å². The van der Waals surface area contributed by atoms with Crippen LogP contribution in [0, 0.1) is 29.6 Å². The number of allylic oxidation sites excluding steroid dienone is 2. The molecule has 2 bridgehead atoms. The minimum absolute atomic E-state index is 0.0539. The van der Waals surface area contributed by atoms with Gasteiger partial charge in [-0.25, -0.2) is 4.79 Å². The van der Waals surface area contributed by atoms with E-state index in [-0.39, 0.29) is 23.8 Å². The molecule has 1 amide bonds. The van der Waals surface area contributed by atoms with Gasteiger partial charge in [-0.05, 0) is 62.8 Å². The molecule has 2 N–H and O–H groups in total. The minimum atomic E-state index is -0.930. The number of amides is 1. The molecule has 1 aromatic rings. The van der Waals surface area contributed by atoms with Crippen molar-refractivity contribution in [3.05, 3.63) is 28.2 Å². The molecule has 1 aromatic heterocycles. The number of hydrogen-bond acceptors (Lipinski definition) is 5. The maximum atomic E-state index is 13.1. The third-order valence-electron chi connectivity index (χ3n) is 6.34. The van der Waals surface area contributed by atoms with E-state index in [2.05, 4.69) is 12.2 Å². The number of hydrogen-bond donors (Lipinski definition) is 2. The number of anilines is 1. The number of fused-ring (bicyclic) bond motifs is 3. The number of rotatable bonds is 5. The average molecular weight is 418 g/mol. The summed E-state index contributed by atoms with van der Waals surface area (Å²) in [4.78, 5) is 38.8. The molecule has 1 heterocycles. The van der Waals surface area contributed by atoms with Crippen LogP contribution in [0.4, 0.5) is 5.00 Å². The van der Waals surface area contributed by atoms with E-state index in [0.717, 1.165) is 29.7 Å². The molecule has 156 valence electrons. The summed E-state index contributed by atoms with van der Waals surface area (Å²) in [5.41, 5.74) is 1.45. The molecule has 0 radical (unpaired) electrons. The summed E-state index contributed by atoms with van der Waals surface area (Å²) in [6, 6.07) is 0. The van der Waals surface area contributed by atoms with Gasteiger partial charge in [0.1, 0.15) is 5.00 Å².